The van der Waals surface area contributed by atoms with Crippen LogP contribution in [0.25, 0.3) is 11.3 Å². The van der Waals surface area contributed by atoms with E-state index in [0.717, 1.165) is 5.56 Å². The van der Waals surface area contributed by atoms with Gasteiger partial charge in [0.15, 0.2) is 0 Å². The SMILES string of the molecule is Cn1cc(C(NC(=O)c2cc(-c3ccccc3F)n[nH]2)C2CC(O)C2)cn1. The fraction of sp³-hybridized carbons (Fsp3) is 0.316. The van der Waals surface area contributed by atoms with E-state index in [0.29, 0.717) is 24.1 Å². The van der Waals surface area contributed by atoms with Crippen molar-refractivity contribution in [2.24, 2.45) is 13.0 Å². The number of carbonyl (C=O) groups is 1. The highest BCUT2D eigenvalue weighted by molar-refractivity contribution is 5.93. The first-order chi connectivity index (χ1) is 13.0. The monoisotopic (exact) mass is 369 g/mol. The Morgan fingerprint density at radius 1 is 1.41 bits per heavy atom. The maximum Gasteiger partial charge on any atom is 0.269 e. The largest absolute Gasteiger partial charge is 0.393 e. The van der Waals surface area contributed by atoms with Gasteiger partial charge in [0.1, 0.15) is 11.5 Å². The highest BCUT2D eigenvalue weighted by atomic mass is 19.1. The number of rotatable bonds is 5. The number of amides is 1. The topological polar surface area (TPSA) is 95.8 Å². The fourth-order valence-electron chi connectivity index (χ4n) is 3.44. The molecule has 27 heavy (non-hydrogen) atoms. The lowest BCUT2D eigenvalue weighted by molar-refractivity contribution is 0.0234. The van der Waals surface area contributed by atoms with Gasteiger partial charge >= 0.3 is 0 Å². The van der Waals surface area contributed by atoms with Crippen LogP contribution in [0.2, 0.25) is 0 Å². The van der Waals surface area contributed by atoms with E-state index in [9.17, 15) is 14.3 Å². The molecular formula is C19H20FN5O2. The van der Waals surface area contributed by atoms with E-state index in [1.165, 1.54) is 12.1 Å². The summed E-state index contributed by atoms with van der Waals surface area (Å²) in [6, 6.07) is 7.56. The maximum absolute atomic E-state index is 13.9. The van der Waals surface area contributed by atoms with Crippen molar-refractivity contribution in [1.29, 1.82) is 0 Å². The van der Waals surface area contributed by atoms with E-state index in [-0.39, 0.29) is 29.7 Å². The molecule has 8 heteroatoms. The summed E-state index contributed by atoms with van der Waals surface area (Å²) in [7, 11) is 1.81. The number of benzene rings is 1. The molecule has 1 aliphatic carbocycles. The number of aliphatic hydroxyl groups excluding tert-OH is 1. The number of aromatic nitrogens is 4. The van der Waals surface area contributed by atoms with Crippen LogP contribution in [0.3, 0.4) is 0 Å². The molecule has 140 valence electrons. The molecular weight excluding hydrogens is 349 g/mol. The molecule has 3 N–H and O–H groups in total. The third-order valence-corrected chi connectivity index (χ3v) is 4.96. The Bertz CT molecular complexity index is 960. The number of nitrogens with one attached hydrogen (secondary N) is 2. The zero-order valence-electron chi connectivity index (χ0n) is 14.8. The molecule has 1 atom stereocenters. The number of carbonyl (C=O) groups excluding carboxylic acids is 1. The summed E-state index contributed by atoms with van der Waals surface area (Å²) in [6.07, 6.45) is 4.50. The van der Waals surface area contributed by atoms with E-state index >= 15 is 0 Å². The van der Waals surface area contributed by atoms with E-state index in [4.69, 9.17) is 0 Å². The normalized spacial score (nSPS) is 20.1. The third-order valence-electron chi connectivity index (χ3n) is 4.96. The summed E-state index contributed by atoms with van der Waals surface area (Å²) in [4.78, 5) is 12.7. The number of hydrogen-bond acceptors (Lipinski definition) is 4. The number of nitrogens with zero attached hydrogens (tertiary/aromatic N) is 3. The van der Waals surface area contributed by atoms with Gasteiger partial charge in [-0.05, 0) is 37.0 Å². The zero-order valence-corrected chi connectivity index (χ0v) is 14.8. The Hall–Kier alpha value is -3.00. The van der Waals surface area contributed by atoms with Crippen molar-refractivity contribution in [1.82, 2.24) is 25.3 Å². The molecule has 0 saturated heterocycles. The molecule has 2 aromatic heterocycles. The summed E-state index contributed by atoms with van der Waals surface area (Å²) in [6.45, 7) is 0. The average Bonchev–Trinajstić information content (AvgIpc) is 3.27. The molecule has 0 spiro atoms. The lowest BCUT2D eigenvalue weighted by Crippen LogP contribution is -2.41. The maximum atomic E-state index is 13.9. The Labute approximate surface area is 155 Å². The Balaban J connectivity index is 1.54. The lowest BCUT2D eigenvalue weighted by Gasteiger charge is -2.37. The molecule has 7 nitrogen and oxygen atoms in total. The first-order valence-electron chi connectivity index (χ1n) is 8.79. The third kappa shape index (κ3) is 3.48. The second-order valence-electron chi connectivity index (χ2n) is 6.93. The first kappa shape index (κ1) is 17.4. The summed E-state index contributed by atoms with van der Waals surface area (Å²) in [5.41, 5.74) is 1.84. The number of H-pyrrole nitrogens is 1. The van der Waals surface area contributed by atoms with Crippen LogP contribution in [0.1, 0.15) is 34.9 Å². The number of aryl methyl sites for hydroxylation is 1. The van der Waals surface area contributed by atoms with E-state index in [1.54, 1.807) is 29.1 Å². The number of aliphatic hydroxyl groups is 1. The summed E-state index contributed by atoms with van der Waals surface area (Å²) in [5, 5.41) is 23.5. The van der Waals surface area contributed by atoms with Gasteiger partial charge < -0.3 is 10.4 Å². The van der Waals surface area contributed by atoms with Crippen molar-refractivity contribution in [3.05, 3.63) is 59.8 Å². The molecule has 3 aromatic rings. The van der Waals surface area contributed by atoms with E-state index in [2.05, 4.69) is 20.6 Å². The van der Waals surface area contributed by atoms with Crippen LogP contribution in [0.5, 0.6) is 0 Å². The van der Waals surface area contributed by atoms with Crippen molar-refractivity contribution in [3.8, 4) is 11.3 Å². The van der Waals surface area contributed by atoms with Crippen LogP contribution < -0.4 is 5.32 Å². The van der Waals surface area contributed by atoms with Gasteiger partial charge in [0, 0.05) is 24.4 Å². The van der Waals surface area contributed by atoms with Crippen LogP contribution in [-0.4, -0.2) is 37.1 Å². The molecule has 1 amide bonds. The van der Waals surface area contributed by atoms with Crippen molar-refractivity contribution in [2.75, 3.05) is 0 Å². The standard InChI is InChI=1S/C19H20FN5O2/c1-25-10-12(9-21-25)18(11-6-13(26)7-11)22-19(27)17-8-16(23-24-17)14-4-2-3-5-15(14)20/h2-5,8-11,13,18,26H,6-7H2,1H3,(H,22,27)(H,23,24). The van der Waals surface area contributed by atoms with E-state index < -0.39 is 5.82 Å². The Kier molecular flexibility index (Phi) is 4.49. The highest BCUT2D eigenvalue weighted by Gasteiger charge is 2.36. The van der Waals surface area contributed by atoms with Crippen LogP contribution in [0, 0.1) is 11.7 Å². The molecule has 1 aliphatic rings. The van der Waals surface area contributed by atoms with Crippen LogP contribution in [0.15, 0.2) is 42.7 Å². The minimum absolute atomic E-state index is 0.141. The number of halogens is 1. The van der Waals surface area contributed by atoms with Gasteiger partial charge in [-0.15, -0.1) is 0 Å². The van der Waals surface area contributed by atoms with Crippen molar-refractivity contribution in [3.63, 3.8) is 0 Å². The van der Waals surface area contributed by atoms with Crippen LogP contribution in [-0.2, 0) is 7.05 Å². The summed E-state index contributed by atoms with van der Waals surface area (Å²) >= 11 is 0. The van der Waals surface area contributed by atoms with Gasteiger partial charge in [-0.2, -0.15) is 10.2 Å². The van der Waals surface area contributed by atoms with Crippen molar-refractivity contribution in [2.45, 2.75) is 25.0 Å². The smallest absolute Gasteiger partial charge is 0.269 e. The number of hydrogen-bond donors (Lipinski definition) is 3. The molecule has 1 saturated carbocycles. The summed E-state index contributed by atoms with van der Waals surface area (Å²) < 4.78 is 15.6. The molecule has 1 aromatic carbocycles. The highest BCUT2D eigenvalue weighted by Crippen LogP contribution is 2.38. The molecule has 1 unspecified atom stereocenters. The van der Waals surface area contributed by atoms with Crippen molar-refractivity contribution < 1.29 is 14.3 Å². The minimum Gasteiger partial charge on any atom is -0.393 e. The molecule has 0 aliphatic heterocycles. The lowest BCUT2D eigenvalue weighted by atomic mass is 9.75. The predicted octanol–water partition coefficient (Wildman–Crippen LogP) is 2.19. The van der Waals surface area contributed by atoms with Crippen molar-refractivity contribution >= 4 is 5.91 Å². The predicted molar refractivity (Wildman–Crippen MR) is 96.1 cm³/mol. The van der Waals surface area contributed by atoms with Gasteiger partial charge in [0.25, 0.3) is 5.91 Å². The Morgan fingerprint density at radius 2 is 2.19 bits per heavy atom. The molecule has 0 radical (unpaired) electrons. The van der Waals surface area contributed by atoms with Crippen LogP contribution in [0.4, 0.5) is 4.39 Å². The quantitative estimate of drug-likeness (QED) is 0.642. The van der Waals surface area contributed by atoms with Gasteiger partial charge in [0.2, 0.25) is 0 Å². The molecule has 1 fully saturated rings. The zero-order chi connectivity index (χ0) is 19.0. The van der Waals surface area contributed by atoms with E-state index in [1.807, 2.05) is 13.2 Å². The average molecular weight is 369 g/mol. The second kappa shape index (κ2) is 6.96. The molecule has 0 bridgehead atoms. The van der Waals surface area contributed by atoms with Gasteiger partial charge in [-0.25, -0.2) is 4.39 Å². The minimum atomic E-state index is -0.396. The van der Waals surface area contributed by atoms with Gasteiger partial charge in [-0.3, -0.25) is 14.6 Å². The molecule has 2 heterocycles. The van der Waals surface area contributed by atoms with Gasteiger partial charge in [-0.1, -0.05) is 12.1 Å². The first-order valence-corrected chi connectivity index (χ1v) is 8.79. The number of aromatic amines is 1. The Morgan fingerprint density at radius 3 is 2.85 bits per heavy atom. The van der Waals surface area contributed by atoms with Gasteiger partial charge in [0.05, 0.1) is 24.0 Å². The fourth-order valence-corrected chi connectivity index (χ4v) is 3.44. The molecule has 4 rings (SSSR count). The van der Waals surface area contributed by atoms with Crippen LogP contribution >= 0.6 is 0 Å². The second-order valence-corrected chi connectivity index (χ2v) is 6.93. The summed E-state index contributed by atoms with van der Waals surface area (Å²) in [5.74, 6) is -0.588.